The first kappa shape index (κ1) is 15.3. The zero-order valence-corrected chi connectivity index (χ0v) is 12.9. The standard InChI is InChI=1S/C16H27N3O/c1-4-18-9-11-19(12-10-18)13-16(17-2)14-5-7-15(20-3)8-6-14/h5-8,16-17H,4,9-13H2,1-3H3. The van der Waals surface area contributed by atoms with Crippen LogP contribution in [-0.2, 0) is 0 Å². The van der Waals surface area contributed by atoms with E-state index in [4.69, 9.17) is 4.74 Å². The van der Waals surface area contributed by atoms with Crippen LogP contribution >= 0.6 is 0 Å². The van der Waals surface area contributed by atoms with Crippen LogP contribution in [0.3, 0.4) is 0 Å². The van der Waals surface area contributed by atoms with Gasteiger partial charge in [-0.05, 0) is 31.3 Å². The molecule has 0 radical (unpaired) electrons. The first-order valence-electron chi connectivity index (χ1n) is 7.52. The van der Waals surface area contributed by atoms with E-state index in [-0.39, 0.29) is 0 Å². The Morgan fingerprint density at radius 1 is 1.10 bits per heavy atom. The van der Waals surface area contributed by atoms with Gasteiger partial charge in [0.25, 0.3) is 0 Å². The fourth-order valence-electron chi connectivity index (χ4n) is 2.75. The average Bonchev–Trinajstić information content (AvgIpc) is 2.53. The lowest BCUT2D eigenvalue weighted by Gasteiger charge is -2.36. The SMILES string of the molecule is CCN1CCN(CC(NC)c2ccc(OC)cc2)CC1. The molecule has 1 fully saturated rings. The lowest BCUT2D eigenvalue weighted by molar-refractivity contribution is 0.128. The molecule has 0 amide bonds. The Hall–Kier alpha value is -1.10. The summed E-state index contributed by atoms with van der Waals surface area (Å²) in [6, 6.07) is 8.77. The maximum atomic E-state index is 5.22. The molecule has 112 valence electrons. The van der Waals surface area contributed by atoms with E-state index in [2.05, 4.69) is 34.2 Å². The van der Waals surface area contributed by atoms with Crippen molar-refractivity contribution in [3.8, 4) is 5.75 Å². The van der Waals surface area contributed by atoms with E-state index in [1.54, 1.807) is 7.11 Å². The number of hydrogen-bond donors (Lipinski definition) is 1. The number of piperazine rings is 1. The van der Waals surface area contributed by atoms with Gasteiger partial charge in [-0.15, -0.1) is 0 Å². The van der Waals surface area contributed by atoms with Crippen LogP contribution in [-0.4, -0.2) is 63.2 Å². The van der Waals surface area contributed by atoms with Crippen molar-refractivity contribution < 1.29 is 4.74 Å². The molecule has 1 aliphatic heterocycles. The molecule has 2 rings (SSSR count). The Morgan fingerprint density at radius 3 is 2.20 bits per heavy atom. The highest BCUT2D eigenvalue weighted by Crippen LogP contribution is 2.19. The molecule has 1 heterocycles. The van der Waals surface area contributed by atoms with Crippen molar-refractivity contribution >= 4 is 0 Å². The van der Waals surface area contributed by atoms with E-state index in [0.717, 1.165) is 12.3 Å². The normalized spacial score (nSPS) is 18.9. The van der Waals surface area contributed by atoms with Gasteiger partial charge in [0.1, 0.15) is 5.75 Å². The van der Waals surface area contributed by atoms with Crippen LogP contribution in [0.15, 0.2) is 24.3 Å². The molecule has 0 aromatic heterocycles. The van der Waals surface area contributed by atoms with Gasteiger partial charge >= 0.3 is 0 Å². The molecule has 1 aromatic carbocycles. The Labute approximate surface area is 122 Å². The van der Waals surface area contributed by atoms with E-state index in [1.807, 2.05) is 19.2 Å². The molecule has 1 unspecified atom stereocenters. The number of nitrogens with zero attached hydrogens (tertiary/aromatic N) is 2. The van der Waals surface area contributed by atoms with Gasteiger partial charge in [-0.3, -0.25) is 4.90 Å². The Morgan fingerprint density at radius 2 is 1.70 bits per heavy atom. The summed E-state index contributed by atoms with van der Waals surface area (Å²) in [5, 5.41) is 3.43. The second kappa shape index (κ2) is 7.62. The number of nitrogens with one attached hydrogen (secondary N) is 1. The average molecular weight is 277 g/mol. The molecule has 1 aromatic rings. The summed E-state index contributed by atoms with van der Waals surface area (Å²) in [6.07, 6.45) is 0. The fourth-order valence-corrected chi connectivity index (χ4v) is 2.75. The first-order chi connectivity index (χ1) is 9.76. The Bertz CT molecular complexity index is 385. The van der Waals surface area contributed by atoms with Crippen molar-refractivity contribution in [2.45, 2.75) is 13.0 Å². The number of hydrogen-bond acceptors (Lipinski definition) is 4. The van der Waals surface area contributed by atoms with E-state index in [1.165, 1.54) is 38.3 Å². The third-order valence-electron chi connectivity index (χ3n) is 4.22. The van der Waals surface area contributed by atoms with Gasteiger partial charge in [-0.2, -0.15) is 0 Å². The van der Waals surface area contributed by atoms with Gasteiger partial charge in [0, 0.05) is 38.8 Å². The van der Waals surface area contributed by atoms with Crippen LogP contribution in [0.2, 0.25) is 0 Å². The van der Waals surface area contributed by atoms with Gasteiger partial charge in [-0.1, -0.05) is 19.1 Å². The van der Waals surface area contributed by atoms with Crippen LogP contribution in [0.5, 0.6) is 5.75 Å². The largest absolute Gasteiger partial charge is 0.497 e. The third kappa shape index (κ3) is 3.95. The summed E-state index contributed by atoms with van der Waals surface area (Å²) < 4.78 is 5.22. The van der Waals surface area contributed by atoms with Crippen molar-refractivity contribution in [1.82, 2.24) is 15.1 Å². The van der Waals surface area contributed by atoms with Crippen LogP contribution < -0.4 is 10.1 Å². The first-order valence-corrected chi connectivity index (χ1v) is 7.52. The van der Waals surface area contributed by atoms with E-state index >= 15 is 0 Å². The van der Waals surface area contributed by atoms with Crippen molar-refractivity contribution in [3.63, 3.8) is 0 Å². The lowest BCUT2D eigenvalue weighted by Crippen LogP contribution is -2.48. The molecule has 1 atom stereocenters. The number of rotatable bonds is 6. The molecular formula is C16H27N3O. The van der Waals surface area contributed by atoms with E-state index in [9.17, 15) is 0 Å². The summed E-state index contributed by atoms with van der Waals surface area (Å²) in [5.74, 6) is 0.917. The molecular weight excluding hydrogens is 250 g/mol. The van der Waals surface area contributed by atoms with Crippen molar-refractivity contribution in [1.29, 1.82) is 0 Å². The minimum Gasteiger partial charge on any atom is -0.497 e. The van der Waals surface area contributed by atoms with Crippen LogP contribution in [0.4, 0.5) is 0 Å². The quantitative estimate of drug-likeness (QED) is 0.855. The zero-order valence-electron chi connectivity index (χ0n) is 12.9. The van der Waals surface area contributed by atoms with Gasteiger partial charge < -0.3 is 15.0 Å². The topological polar surface area (TPSA) is 27.7 Å². The van der Waals surface area contributed by atoms with Crippen LogP contribution in [0, 0.1) is 0 Å². The molecule has 4 heteroatoms. The fraction of sp³-hybridized carbons (Fsp3) is 0.625. The second-order valence-electron chi connectivity index (χ2n) is 5.35. The monoisotopic (exact) mass is 277 g/mol. The van der Waals surface area contributed by atoms with Crippen molar-refractivity contribution in [2.75, 3.05) is 53.4 Å². The molecule has 1 N–H and O–H groups in total. The van der Waals surface area contributed by atoms with Crippen molar-refractivity contribution in [2.24, 2.45) is 0 Å². The third-order valence-corrected chi connectivity index (χ3v) is 4.22. The smallest absolute Gasteiger partial charge is 0.118 e. The summed E-state index contributed by atoms with van der Waals surface area (Å²) in [6.45, 7) is 9.20. The lowest BCUT2D eigenvalue weighted by atomic mass is 10.1. The van der Waals surface area contributed by atoms with Crippen LogP contribution in [0.25, 0.3) is 0 Å². The summed E-state index contributed by atoms with van der Waals surface area (Å²) >= 11 is 0. The Balaban J connectivity index is 1.91. The second-order valence-corrected chi connectivity index (χ2v) is 5.35. The highest BCUT2D eigenvalue weighted by atomic mass is 16.5. The molecule has 0 saturated carbocycles. The van der Waals surface area contributed by atoms with E-state index in [0.29, 0.717) is 6.04 Å². The van der Waals surface area contributed by atoms with Crippen LogP contribution in [0.1, 0.15) is 18.5 Å². The van der Waals surface area contributed by atoms with Gasteiger partial charge in [0.05, 0.1) is 7.11 Å². The molecule has 0 spiro atoms. The number of likely N-dealkylation sites (N-methyl/N-ethyl adjacent to an activating group) is 2. The van der Waals surface area contributed by atoms with Crippen molar-refractivity contribution in [3.05, 3.63) is 29.8 Å². The maximum absolute atomic E-state index is 5.22. The summed E-state index contributed by atoms with van der Waals surface area (Å²) in [7, 11) is 3.75. The molecule has 4 nitrogen and oxygen atoms in total. The minimum absolute atomic E-state index is 0.383. The van der Waals surface area contributed by atoms with Gasteiger partial charge in [-0.25, -0.2) is 0 Å². The summed E-state index contributed by atoms with van der Waals surface area (Å²) in [5.41, 5.74) is 1.33. The molecule has 1 saturated heterocycles. The molecule has 0 aliphatic carbocycles. The predicted molar refractivity (Wildman–Crippen MR) is 83.3 cm³/mol. The minimum atomic E-state index is 0.383. The number of ether oxygens (including phenoxy) is 1. The molecule has 20 heavy (non-hydrogen) atoms. The number of benzene rings is 1. The molecule has 1 aliphatic rings. The highest BCUT2D eigenvalue weighted by molar-refractivity contribution is 5.29. The molecule has 0 bridgehead atoms. The highest BCUT2D eigenvalue weighted by Gasteiger charge is 2.19. The maximum Gasteiger partial charge on any atom is 0.118 e. The zero-order chi connectivity index (χ0) is 14.4. The number of methoxy groups -OCH3 is 1. The predicted octanol–water partition coefficient (Wildman–Crippen LogP) is 1.59. The van der Waals surface area contributed by atoms with E-state index < -0.39 is 0 Å². The summed E-state index contributed by atoms with van der Waals surface area (Å²) in [4.78, 5) is 5.07. The Kier molecular flexibility index (Phi) is 5.83. The van der Waals surface area contributed by atoms with Gasteiger partial charge in [0.15, 0.2) is 0 Å². The van der Waals surface area contributed by atoms with Gasteiger partial charge in [0.2, 0.25) is 0 Å².